The van der Waals surface area contributed by atoms with E-state index in [-0.39, 0.29) is 0 Å². The number of aryl methyl sites for hydroxylation is 1. The third kappa shape index (κ3) is 2.09. The number of rotatable bonds is 1. The molecule has 1 heterocycles. The average molecular weight is 254 g/mol. The molecule has 2 heteroatoms. The minimum absolute atomic E-state index is 0.746. The standard InChI is InChI=1S/C16H12ClN/c1-11-2-8-16-13(10-11)5-9-15(18-16)12-3-6-14(17)7-4-12/h2-10H,1H3. The summed E-state index contributed by atoms with van der Waals surface area (Å²) < 4.78 is 0. The van der Waals surface area contributed by atoms with E-state index in [0.717, 1.165) is 21.8 Å². The monoisotopic (exact) mass is 253 g/mol. The number of hydrogen-bond donors (Lipinski definition) is 0. The van der Waals surface area contributed by atoms with Crippen molar-refractivity contribution in [1.29, 1.82) is 0 Å². The van der Waals surface area contributed by atoms with Gasteiger partial charge in [0.15, 0.2) is 0 Å². The average Bonchev–Trinajstić information content (AvgIpc) is 2.39. The van der Waals surface area contributed by atoms with Gasteiger partial charge >= 0.3 is 0 Å². The van der Waals surface area contributed by atoms with Gasteiger partial charge in [-0.15, -0.1) is 0 Å². The molecular weight excluding hydrogens is 242 g/mol. The van der Waals surface area contributed by atoms with E-state index in [4.69, 9.17) is 11.6 Å². The molecule has 0 saturated carbocycles. The van der Waals surface area contributed by atoms with Gasteiger partial charge in [0, 0.05) is 16.0 Å². The summed E-state index contributed by atoms with van der Waals surface area (Å²) in [6.45, 7) is 2.09. The lowest BCUT2D eigenvalue weighted by Crippen LogP contribution is -1.85. The zero-order valence-corrected chi connectivity index (χ0v) is 10.8. The van der Waals surface area contributed by atoms with E-state index >= 15 is 0 Å². The Hall–Kier alpha value is -1.86. The van der Waals surface area contributed by atoms with Crippen molar-refractivity contribution in [3.05, 3.63) is 65.2 Å². The number of fused-ring (bicyclic) bond motifs is 1. The lowest BCUT2D eigenvalue weighted by atomic mass is 10.1. The molecule has 0 radical (unpaired) electrons. The van der Waals surface area contributed by atoms with Crippen molar-refractivity contribution in [1.82, 2.24) is 4.98 Å². The molecule has 18 heavy (non-hydrogen) atoms. The molecular formula is C16H12ClN. The van der Waals surface area contributed by atoms with Gasteiger partial charge in [0.1, 0.15) is 0 Å². The maximum atomic E-state index is 5.89. The quantitative estimate of drug-likeness (QED) is 0.603. The number of halogens is 1. The van der Waals surface area contributed by atoms with Crippen molar-refractivity contribution < 1.29 is 0 Å². The van der Waals surface area contributed by atoms with E-state index in [1.54, 1.807) is 0 Å². The van der Waals surface area contributed by atoms with Gasteiger partial charge in [-0.2, -0.15) is 0 Å². The van der Waals surface area contributed by atoms with Gasteiger partial charge in [0.25, 0.3) is 0 Å². The molecule has 1 nitrogen and oxygen atoms in total. The maximum absolute atomic E-state index is 5.89. The van der Waals surface area contributed by atoms with Gasteiger partial charge in [-0.1, -0.05) is 41.4 Å². The van der Waals surface area contributed by atoms with E-state index < -0.39 is 0 Å². The third-order valence-corrected chi connectivity index (χ3v) is 3.24. The molecule has 0 atom stereocenters. The Balaban J connectivity index is 2.13. The Morgan fingerprint density at radius 2 is 1.67 bits per heavy atom. The van der Waals surface area contributed by atoms with Crippen LogP contribution in [-0.4, -0.2) is 4.98 Å². The van der Waals surface area contributed by atoms with E-state index in [9.17, 15) is 0 Å². The number of pyridine rings is 1. The summed E-state index contributed by atoms with van der Waals surface area (Å²) in [7, 11) is 0. The van der Waals surface area contributed by atoms with Crippen LogP contribution in [0.3, 0.4) is 0 Å². The van der Waals surface area contributed by atoms with Crippen molar-refractivity contribution in [2.24, 2.45) is 0 Å². The second-order valence-electron chi connectivity index (χ2n) is 4.40. The molecule has 0 aliphatic rings. The molecule has 88 valence electrons. The summed E-state index contributed by atoms with van der Waals surface area (Å²) in [4.78, 5) is 4.67. The zero-order chi connectivity index (χ0) is 12.5. The molecule has 0 N–H and O–H groups in total. The topological polar surface area (TPSA) is 12.9 Å². The summed E-state index contributed by atoms with van der Waals surface area (Å²) >= 11 is 5.89. The Kier molecular flexibility index (Phi) is 2.77. The Bertz CT molecular complexity index is 702. The fraction of sp³-hybridized carbons (Fsp3) is 0.0625. The maximum Gasteiger partial charge on any atom is 0.0709 e. The lowest BCUT2D eigenvalue weighted by Gasteiger charge is -2.04. The van der Waals surface area contributed by atoms with E-state index in [2.05, 4.69) is 36.2 Å². The Morgan fingerprint density at radius 3 is 2.44 bits per heavy atom. The SMILES string of the molecule is Cc1ccc2nc(-c3ccc(Cl)cc3)ccc2c1. The van der Waals surface area contributed by atoms with Gasteiger partial charge in [-0.05, 0) is 37.3 Å². The van der Waals surface area contributed by atoms with Crippen molar-refractivity contribution in [2.45, 2.75) is 6.92 Å². The summed E-state index contributed by atoms with van der Waals surface area (Å²) in [6, 6.07) is 18.2. The van der Waals surface area contributed by atoms with Crippen molar-refractivity contribution >= 4 is 22.5 Å². The highest BCUT2D eigenvalue weighted by molar-refractivity contribution is 6.30. The van der Waals surface area contributed by atoms with Gasteiger partial charge in [-0.3, -0.25) is 0 Å². The predicted molar refractivity (Wildman–Crippen MR) is 76.9 cm³/mol. The van der Waals surface area contributed by atoms with Gasteiger partial charge in [0.2, 0.25) is 0 Å². The van der Waals surface area contributed by atoms with Crippen LogP contribution in [0.2, 0.25) is 5.02 Å². The largest absolute Gasteiger partial charge is 0.248 e. The summed E-state index contributed by atoms with van der Waals surface area (Å²) in [5, 5.41) is 1.92. The van der Waals surface area contributed by atoms with Gasteiger partial charge < -0.3 is 0 Å². The molecule has 0 unspecified atom stereocenters. The predicted octanol–water partition coefficient (Wildman–Crippen LogP) is 4.86. The van der Waals surface area contributed by atoms with Crippen LogP contribution in [0.15, 0.2) is 54.6 Å². The molecule has 0 saturated heterocycles. The van der Waals surface area contributed by atoms with Crippen LogP contribution in [-0.2, 0) is 0 Å². The fourth-order valence-electron chi connectivity index (χ4n) is 2.03. The first-order chi connectivity index (χ1) is 8.72. The number of benzene rings is 2. The van der Waals surface area contributed by atoms with E-state index in [1.165, 1.54) is 10.9 Å². The highest BCUT2D eigenvalue weighted by atomic mass is 35.5. The van der Waals surface area contributed by atoms with Crippen LogP contribution in [0.1, 0.15) is 5.56 Å². The molecule has 0 amide bonds. The molecule has 3 rings (SSSR count). The van der Waals surface area contributed by atoms with Crippen molar-refractivity contribution in [3.63, 3.8) is 0 Å². The molecule has 0 bridgehead atoms. The van der Waals surface area contributed by atoms with Gasteiger partial charge in [-0.25, -0.2) is 4.98 Å². The van der Waals surface area contributed by atoms with Crippen molar-refractivity contribution in [2.75, 3.05) is 0 Å². The normalized spacial score (nSPS) is 10.8. The molecule has 0 fully saturated rings. The third-order valence-electron chi connectivity index (χ3n) is 2.98. The molecule has 0 aliphatic carbocycles. The van der Waals surface area contributed by atoms with Crippen molar-refractivity contribution in [3.8, 4) is 11.3 Å². The number of aromatic nitrogens is 1. The second kappa shape index (κ2) is 4.43. The molecule has 1 aromatic heterocycles. The molecule has 0 aliphatic heterocycles. The van der Waals surface area contributed by atoms with Crippen LogP contribution in [0, 0.1) is 6.92 Å². The number of nitrogens with zero attached hydrogens (tertiary/aromatic N) is 1. The molecule has 3 aromatic rings. The van der Waals surface area contributed by atoms with Crippen LogP contribution < -0.4 is 0 Å². The Morgan fingerprint density at radius 1 is 0.889 bits per heavy atom. The smallest absolute Gasteiger partial charge is 0.0709 e. The summed E-state index contributed by atoms with van der Waals surface area (Å²) in [5.41, 5.74) is 4.33. The first-order valence-corrected chi connectivity index (χ1v) is 6.23. The van der Waals surface area contributed by atoms with Crippen LogP contribution in [0.4, 0.5) is 0 Å². The fourth-order valence-corrected chi connectivity index (χ4v) is 2.15. The van der Waals surface area contributed by atoms with Crippen LogP contribution in [0.5, 0.6) is 0 Å². The highest BCUT2D eigenvalue weighted by Gasteiger charge is 2.01. The summed E-state index contributed by atoms with van der Waals surface area (Å²) in [6.07, 6.45) is 0. The minimum Gasteiger partial charge on any atom is -0.248 e. The second-order valence-corrected chi connectivity index (χ2v) is 4.84. The first kappa shape index (κ1) is 11.2. The highest BCUT2D eigenvalue weighted by Crippen LogP contribution is 2.23. The minimum atomic E-state index is 0.746. The summed E-state index contributed by atoms with van der Waals surface area (Å²) in [5.74, 6) is 0. The first-order valence-electron chi connectivity index (χ1n) is 5.86. The van der Waals surface area contributed by atoms with Gasteiger partial charge in [0.05, 0.1) is 11.2 Å². The van der Waals surface area contributed by atoms with Crippen LogP contribution in [0.25, 0.3) is 22.2 Å². The Labute approximate surface area is 111 Å². The van der Waals surface area contributed by atoms with E-state index in [0.29, 0.717) is 0 Å². The zero-order valence-electron chi connectivity index (χ0n) is 10.0. The molecule has 2 aromatic carbocycles. The van der Waals surface area contributed by atoms with E-state index in [1.807, 2.05) is 30.3 Å². The lowest BCUT2D eigenvalue weighted by molar-refractivity contribution is 1.38. The van der Waals surface area contributed by atoms with Crippen LogP contribution >= 0.6 is 11.6 Å². The molecule has 0 spiro atoms. The number of hydrogen-bond acceptors (Lipinski definition) is 1.